The second-order valence-electron chi connectivity index (χ2n) is 9.11. The van der Waals surface area contributed by atoms with Crippen LogP contribution in [0.5, 0.6) is 5.75 Å². The third kappa shape index (κ3) is 3.95. The molecule has 0 unspecified atom stereocenters. The molecule has 0 N–H and O–H groups in total. The van der Waals surface area contributed by atoms with E-state index in [0.717, 1.165) is 55.5 Å². The van der Waals surface area contributed by atoms with Crippen molar-refractivity contribution in [2.75, 3.05) is 26.8 Å². The van der Waals surface area contributed by atoms with Gasteiger partial charge in [0.25, 0.3) is 0 Å². The molecule has 5 rings (SSSR count). The summed E-state index contributed by atoms with van der Waals surface area (Å²) in [4.78, 5) is 13.9. The number of carbonyl (C=O) groups is 1. The van der Waals surface area contributed by atoms with Gasteiger partial charge >= 0.3 is 0 Å². The van der Waals surface area contributed by atoms with Gasteiger partial charge in [0.15, 0.2) is 0 Å². The second-order valence-corrected chi connectivity index (χ2v) is 9.11. The van der Waals surface area contributed by atoms with Crippen LogP contribution >= 0.6 is 0 Å². The molecule has 1 aromatic heterocycles. The molecule has 0 radical (unpaired) electrons. The zero-order valence-corrected chi connectivity index (χ0v) is 17.7. The fraction of sp³-hybridized carbons (Fsp3) is 0.609. The molecule has 7 nitrogen and oxygen atoms in total. The molecule has 3 aliphatic rings. The van der Waals surface area contributed by atoms with Crippen LogP contribution in [0.3, 0.4) is 0 Å². The van der Waals surface area contributed by atoms with Crippen LogP contribution in [0.2, 0.25) is 0 Å². The highest BCUT2D eigenvalue weighted by Crippen LogP contribution is 2.43. The summed E-state index contributed by atoms with van der Waals surface area (Å²) in [6.45, 7) is 4.23. The largest absolute Gasteiger partial charge is 0.497 e. The standard InChI is InChI=1S/C23H30N4O3/c1-15(28)26-11-18-9-22(23(10-19(18)12-26)30-14-16-6-7-16)27-13-21(24-25-27)17-4-3-5-20(8-17)29-2/h3-5,8,13,16,18-19,22-23H,6-7,9-12,14H2,1-2H3/t18-,19+,22-,23-/m1/s1. The molecule has 1 saturated heterocycles. The van der Waals surface area contributed by atoms with Crippen molar-refractivity contribution in [3.63, 3.8) is 0 Å². The summed E-state index contributed by atoms with van der Waals surface area (Å²) in [6, 6.07) is 8.06. The molecular weight excluding hydrogens is 380 g/mol. The molecule has 2 saturated carbocycles. The van der Waals surface area contributed by atoms with E-state index in [2.05, 4.69) is 10.3 Å². The van der Waals surface area contributed by atoms with Gasteiger partial charge in [0, 0.05) is 32.2 Å². The SMILES string of the molecule is COc1cccc(-c2cn([C@@H]3C[C@@H]4CN(C(C)=O)C[C@@H]4C[C@H]3OCC3CC3)nn2)c1. The molecule has 0 bridgehead atoms. The van der Waals surface area contributed by atoms with E-state index in [0.29, 0.717) is 11.8 Å². The maximum atomic E-state index is 11.9. The lowest BCUT2D eigenvalue weighted by molar-refractivity contribution is -0.128. The van der Waals surface area contributed by atoms with Crippen molar-refractivity contribution in [3.05, 3.63) is 30.5 Å². The molecule has 160 valence electrons. The fourth-order valence-corrected chi connectivity index (χ4v) is 5.00. The van der Waals surface area contributed by atoms with Gasteiger partial charge in [-0.1, -0.05) is 17.3 Å². The highest BCUT2D eigenvalue weighted by atomic mass is 16.5. The molecule has 2 heterocycles. The summed E-state index contributed by atoms with van der Waals surface area (Å²) in [7, 11) is 1.67. The zero-order chi connectivity index (χ0) is 20.7. The minimum Gasteiger partial charge on any atom is -0.497 e. The third-order valence-electron chi connectivity index (χ3n) is 6.99. The topological polar surface area (TPSA) is 69.5 Å². The predicted molar refractivity (Wildman–Crippen MR) is 112 cm³/mol. The van der Waals surface area contributed by atoms with Crippen molar-refractivity contribution in [2.24, 2.45) is 17.8 Å². The number of likely N-dealkylation sites (tertiary alicyclic amines) is 1. The minimum atomic E-state index is 0.124. The molecule has 3 fully saturated rings. The number of aromatic nitrogens is 3. The predicted octanol–water partition coefficient (Wildman–Crippen LogP) is 3.18. The molecule has 2 aliphatic carbocycles. The Balaban J connectivity index is 1.37. The Morgan fingerprint density at radius 3 is 2.73 bits per heavy atom. The quantitative estimate of drug-likeness (QED) is 0.732. The van der Waals surface area contributed by atoms with Crippen molar-refractivity contribution >= 4 is 5.91 Å². The van der Waals surface area contributed by atoms with Gasteiger partial charge in [0.1, 0.15) is 11.4 Å². The number of ether oxygens (including phenoxy) is 2. The van der Waals surface area contributed by atoms with E-state index in [1.54, 1.807) is 14.0 Å². The van der Waals surface area contributed by atoms with Crippen molar-refractivity contribution < 1.29 is 14.3 Å². The lowest BCUT2D eigenvalue weighted by Crippen LogP contribution is -2.38. The zero-order valence-electron chi connectivity index (χ0n) is 17.7. The van der Waals surface area contributed by atoms with E-state index in [-0.39, 0.29) is 18.1 Å². The smallest absolute Gasteiger partial charge is 0.219 e. The molecule has 1 aliphatic heterocycles. The Morgan fingerprint density at radius 2 is 2.00 bits per heavy atom. The first kappa shape index (κ1) is 19.5. The van der Waals surface area contributed by atoms with Crippen LogP contribution in [0.15, 0.2) is 30.5 Å². The number of methoxy groups -OCH3 is 1. The van der Waals surface area contributed by atoms with Crippen LogP contribution < -0.4 is 4.74 Å². The first-order valence-electron chi connectivity index (χ1n) is 11.0. The van der Waals surface area contributed by atoms with Gasteiger partial charge in [-0.15, -0.1) is 5.10 Å². The second kappa shape index (κ2) is 8.02. The molecule has 4 atom stereocenters. The summed E-state index contributed by atoms with van der Waals surface area (Å²) in [5, 5.41) is 8.94. The number of amides is 1. The highest BCUT2D eigenvalue weighted by molar-refractivity contribution is 5.73. The number of hydrogen-bond donors (Lipinski definition) is 0. The first-order chi connectivity index (χ1) is 14.6. The van der Waals surface area contributed by atoms with Crippen LogP contribution in [0.4, 0.5) is 0 Å². The molecular formula is C23H30N4O3. The van der Waals surface area contributed by atoms with Crippen LogP contribution in [-0.2, 0) is 9.53 Å². The van der Waals surface area contributed by atoms with E-state index in [9.17, 15) is 4.79 Å². The van der Waals surface area contributed by atoms with Gasteiger partial charge in [0.2, 0.25) is 5.91 Å². The normalized spacial score (nSPS) is 28.4. The van der Waals surface area contributed by atoms with Crippen LogP contribution in [0.1, 0.15) is 38.6 Å². The summed E-state index contributed by atoms with van der Waals surface area (Å²) in [5.74, 6) is 2.74. The number of nitrogens with zero attached hydrogens (tertiary/aromatic N) is 4. The third-order valence-corrected chi connectivity index (χ3v) is 6.99. The average Bonchev–Trinajstić information content (AvgIpc) is 3.29. The van der Waals surface area contributed by atoms with Gasteiger partial charge in [-0.05, 0) is 55.6 Å². The Labute approximate surface area is 177 Å². The van der Waals surface area contributed by atoms with Gasteiger partial charge in [-0.3, -0.25) is 4.79 Å². The molecule has 1 amide bonds. The maximum absolute atomic E-state index is 11.9. The van der Waals surface area contributed by atoms with E-state index in [4.69, 9.17) is 9.47 Å². The Hall–Kier alpha value is -2.41. The number of benzene rings is 1. The lowest BCUT2D eigenvalue weighted by Gasteiger charge is -2.37. The fourth-order valence-electron chi connectivity index (χ4n) is 5.00. The molecule has 1 aromatic carbocycles. The van der Waals surface area contributed by atoms with Gasteiger partial charge in [-0.2, -0.15) is 0 Å². The van der Waals surface area contributed by atoms with Crippen LogP contribution in [-0.4, -0.2) is 58.7 Å². The molecule has 2 aromatic rings. The van der Waals surface area contributed by atoms with Crippen LogP contribution in [0.25, 0.3) is 11.3 Å². The summed E-state index contributed by atoms with van der Waals surface area (Å²) in [5.41, 5.74) is 1.84. The van der Waals surface area contributed by atoms with Crippen molar-refractivity contribution in [2.45, 2.75) is 44.8 Å². The summed E-state index contributed by atoms with van der Waals surface area (Å²) >= 11 is 0. The summed E-state index contributed by atoms with van der Waals surface area (Å²) in [6.07, 6.45) is 6.68. The average molecular weight is 411 g/mol. The van der Waals surface area contributed by atoms with E-state index < -0.39 is 0 Å². The first-order valence-corrected chi connectivity index (χ1v) is 11.0. The Kier molecular flexibility index (Phi) is 5.23. The van der Waals surface area contributed by atoms with Crippen molar-refractivity contribution in [1.82, 2.24) is 19.9 Å². The Bertz CT molecular complexity index is 909. The van der Waals surface area contributed by atoms with E-state index in [1.807, 2.05) is 40.0 Å². The monoisotopic (exact) mass is 410 g/mol. The number of hydrogen-bond acceptors (Lipinski definition) is 5. The number of rotatable bonds is 6. The van der Waals surface area contributed by atoms with Crippen LogP contribution in [0, 0.1) is 17.8 Å². The minimum absolute atomic E-state index is 0.124. The highest BCUT2D eigenvalue weighted by Gasteiger charge is 2.44. The maximum Gasteiger partial charge on any atom is 0.219 e. The van der Waals surface area contributed by atoms with Gasteiger partial charge in [0.05, 0.1) is 25.5 Å². The number of carbonyl (C=O) groups excluding carboxylic acids is 1. The Morgan fingerprint density at radius 1 is 1.20 bits per heavy atom. The van der Waals surface area contributed by atoms with Gasteiger partial charge in [-0.25, -0.2) is 4.68 Å². The van der Waals surface area contributed by atoms with Crippen molar-refractivity contribution in [1.29, 1.82) is 0 Å². The summed E-state index contributed by atoms with van der Waals surface area (Å²) < 4.78 is 13.8. The number of fused-ring (bicyclic) bond motifs is 1. The van der Waals surface area contributed by atoms with Gasteiger partial charge < -0.3 is 14.4 Å². The van der Waals surface area contributed by atoms with E-state index >= 15 is 0 Å². The molecule has 30 heavy (non-hydrogen) atoms. The molecule has 7 heteroatoms. The molecule has 0 spiro atoms. The van der Waals surface area contributed by atoms with Crippen molar-refractivity contribution in [3.8, 4) is 17.0 Å². The lowest BCUT2D eigenvalue weighted by atomic mass is 9.77. The van der Waals surface area contributed by atoms with E-state index in [1.165, 1.54) is 12.8 Å².